The fourth-order valence-electron chi connectivity index (χ4n) is 2.16. The molecular weight excluding hydrogens is 254 g/mol. The van der Waals surface area contributed by atoms with Crippen molar-refractivity contribution in [1.29, 1.82) is 0 Å². The van der Waals surface area contributed by atoms with Crippen LogP contribution in [0.4, 0.5) is 11.4 Å². The van der Waals surface area contributed by atoms with Crippen molar-refractivity contribution in [3.63, 3.8) is 0 Å². The Kier molecular flexibility index (Phi) is 3.25. The molecular formula is C15H15N3O2. The summed E-state index contributed by atoms with van der Waals surface area (Å²) in [6.45, 7) is 0.464. The minimum Gasteiger partial charge on any atom is -0.477 e. The molecule has 2 heterocycles. The van der Waals surface area contributed by atoms with Gasteiger partial charge in [-0.2, -0.15) is 0 Å². The summed E-state index contributed by atoms with van der Waals surface area (Å²) in [4.78, 5) is 18.0. The highest BCUT2D eigenvalue weighted by Crippen LogP contribution is 2.28. The van der Waals surface area contributed by atoms with Crippen LogP contribution in [0.15, 0.2) is 48.8 Å². The van der Waals surface area contributed by atoms with E-state index in [4.69, 9.17) is 4.74 Å². The number of hydrogen-bond donors (Lipinski definition) is 1. The van der Waals surface area contributed by atoms with Crippen LogP contribution in [0.2, 0.25) is 0 Å². The van der Waals surface area contributed by atoms with Gasteiger partial charge in [0.05, 0.1) is 12.2 Å². The first-order chi connectivity index (χ1) is 9.75. The van der Waals surface area contributed by atoms with E-state index in [9.17, 15) is 4.79 Å². The SMILES string of the molecule is CN(C(=O)C1CNc2ccccc2O1)c1ccncc1. The monoisotopic (exact) mass is 269 g/mol. The molecule has 1 aromatic carbocycles. The third-order valence-electron chi connectivity index (χ3n) is 3.29. The number of carbonyl (C=O) groups excluding carboxylic acids is 1. The lowest BCUT2D eigenvalue weighted by atomic mass is 10.2. The number of anilines is 2. The summed E-state index contributed by atoms with van der Waals surface area (Å²) in [7, 11) is 1.74. The van der Waals surface area contributed by atoms with Gasteiger partial charge in [0.2, 0.25) is 0 Å². The Hall–Kier alpha value is -2.56. The second-order valence-corrected chi connectivity index (χ2v) is 4.59. The van der Waals surface area contributed by atoms with Crippen molar-refractivity contribution >= 4 is 17.3 Å². The molecule has 20 heavy (non-hydrogen) atoms. The number of para-hydroxylation sites is 2. The summed E-state index contributed by atoms with van der Waals surface area (Å²) in [6, 6.07) is 11.2. The van der Waals surface area contributed by atoms with E-state index in [0.29, 0.717) is 12.3 Å². The maximum absolute atomic E-state index is 12.4. The fraction of sp³-hybridized carbons (Fsp3) is 0.200. The highest BCUT2D eigenvalue weighted by atomic mass is 16.5. The van der Waals surface area contributed by atoms with Gasteiger partial charge in [0.25, 0.3) is 5.91 Å². The van der Waals surface area contributed by atoms with Gasteiger partial charge in [0.1, 0.15) is 5.75 Å². The standard InChI is InChI=1S/C15H15N3O2/c1-18(11-6-8-16-9-7-11)15(19)14-10-17-12-4-2-3-5-13(12)20-14/h2-9,14,17H,10H2,1H3. The number of pyridine rings is 1. The molecule has 2 aromatic rings. The van der Waals surface area contributed by atoms with Crippen LogP contribution in [0.1, 0.15) is 0 Å². The predicted molar refractivity (Wildman–Crippen MR) is 77.0 cm³/mol. The number of aromatic nitrogens is 1. The molecule has 1 amide bonds. The fourth-order valence-corrected chi connectivity index (χ4v) is 2.16. The molecule has 1 aliphatic heterocycles. The zero-order valence-corrected chi connectivity index (χ0v) is 11.1. The van der Waals surface area contributed by atoms with Crippen LogP contribution in [0.5, 0.6) is 5.75 Å². The molecule has 0 saturated heterocycles. The first-order valence-corrected chi connectivity index (χ1v) is 6.43. The summed E-state index contributed by atoms with van der Waals surface area (Å²) in [5, 5.41) is 3.22. The van der Waals surface area contributed by atoms with E-state index in [2.05, 4.69) is 10.3 Å². The van der Waals surface area contributed by atoms with Crippen LogP contribution < -0.4 is 15.0 Å². The normalized spacial score (nSPS) is 16.6. The Labute approximate surface area is 117 Å². The third kappa shape index (κ3) is 2.30. The Balaban J connectivity index is 1.76. The third-order valence-corrected chi connectivity index (χ3v) is 3.29. The highest BCUT2D eigenvalue weighted by Gasteiger charge is 2.28. The Bertz CT molecular complexity index is 616. The smallest absolute Gasteiger partial charge is 0.269 e. The molecule has 1 aliphatic rings. The second-order valence-electron chi connectivity index (χ2n) is 4.59. The van der Waals surface area contributed by atoms with Crippen molar-refractivity contribution in [2.75, 3.05) is 23.8 Å². The predicted octanol–water partition coefficient (Wildman–Crippen LogP) is 1.92. The molecule has 0 fully saturated rings. The van der Waals surface area contributed by atoms with E-state index in [1.807, 2.05) is 24.3 Å². The number of carbonyl (C=O) groups is 1. The van der Waals surface area contributed by atoms with Gasteiger partial charge in [0.15, 0.2) is 6.10 Å². The van der Waals surface area contributed by atoms with Gasteiger partial charge in [-0.15, -0.1) is 0 Å². The number of benzene rings is 1. The molecule has 0 radical (unpaired) electrons. The van der Waals surface area contributed by atoms with Crippen LogP contribution in [-0.2, 0) is 4.79 Å². The first kappa shape index (κ1) is 12.5. The van der Waals surface area contributed by atoms with Crippen molar-refractivity contribution in [2.24, 2.45) is 0 Å². The van der Waals surface area contributed by atoms with E-state index in [0.717, 1.165) is 11.4 Å². The molecule has 1 atom stereocenters. The van der Waals surface area contributed by atoms with E-state index in [-0.39, 0.29) is 5.91 Å². The summed E-state index contributed by atoms with van der Waals surface area (Å²) in [6.07, 6.45) is 2.80. The van der Waals surface area contributed by atoms with E-state index in [1.165, 1.54) is 0 Å². The molecule has 0 aliphatic carbocycles. The maximum atomic E-state index is 12.4. The Morgan fingerprint density at radius 2 is 2.05 bits per heavy atom. The number of rotatable bonds is 2. The summed E-state index contributed by atoms with van der Waals surface area (Å²) >= 11 is 0. The average molecular weight is 269 g/mol. The molecule has 102 valence electrons. The minimum atomic E-state index is -0.525. The van der Waals surface area contributed by atoms with E-state index < -0.39 is 6.10 Å². The number of ether oxygens (including phenoxy) is 1. The Morgan fingerprint density at radius 1 is 1.30 bits per heavy atom. The number of nitrogens with zero attached hydrogens (tertiary/aromatic N) is 2. The lowest BCUT2D eigenvalue weighted by molar-refractivity contribution is -0.124. The quantitative estimate of drug-likeness (QED) is 0.905. The number of likely N-dealkylation sites (N-methyl/N-ethyl adjacent to an activating group) is 1. The number of fused-ring (bicyclic) bond motifs is 1. The highest BCUT2D eigenvalue weighted by molar-refractivity contribution is 5.97. The molecule has 0 saturated carbocycles. The summed E-state index contributed by atoms with van der Waals surface area (Å²) in [5.41, 5.74) is 1.72. The zero-order chi connectivity index (χ0) is 13.9. The van der Waals surface area contributed by atoms with Gasteiger partial charge < -0.3 is 15.0 Å². The topological polar surface area (TPSA) is 54.5 Å². The molecule has 0 bridgehead atoms. The van der Waals surface area contributed by atoms with Crippen molar-refractivity contribution in [3.05, 3.63) is 48.8 Å². The minimum absolute atomic E-state index is 0.0850. The number of nitrogens with one attached hydrogen (secondary N) is 1. The zero-order valence-electron chi connectivity index (χ0n) is 11.1. The molecule has 3 rings (SSSR count). The molecule has 0 spiro atoms. The summed E-state index contributed by atoms with van der Waals surface area (Å²) < 4.78 is 5.77. The van der Waals surface area contributed by atoms with Crippen LogP contribution in [0.25, 0.3) is 0 Å². The largest absolute Gasteiger partial charge is 0.477 e. The van der Waals surface area contributed by atoms with Crippen molar-refractivity contribution in [2.45, 2.75) is 6.10 Å². The van der Waals surface area contributed by atoms with Crippen LogP contribution in [-0.4, -0.2) is 30.6 Å². The molecule has 1 aromatic heterocycles. The lowest BCUT2D eigenvalue weighted by Crippen LogP contribution is -2.45. The van der Waals surface area contributed by atoms with Crippen molar-refractivity contribution < 1.29 is 9.53 Å². The summed E-state index contributed by atoms with van der Waals surface area (Å²) in [5.74, 6) is 0.624. The van der Waals surface area contributed by atoms with Gasteiger partial charge >= 0.3 is 0 Å². The van der Waals surface area contributed by atoms with Gasteiger partial charge in [-0.05, 0) is 24.3 Å². The molecule has 5 nitrogen and oxygen atoms in total. The van der Waals surface area contributed by atoms with Gasteiger partial charge in [-0.3, -0.25) is 9.78 Å². The van der Waals surface area contributed by atoms with Crippen LogP contribution >= 0.6 is 0 Å². The lowest BCUT2D eigenvalue weighted by Gasteiger charge is -2.29. The second kappa shape index (κ2) is 5.21. The molecule has 1 N–H and O–H groups in total. The van der Waals surface area contributed by atoms with Crippen LogP contribution in [0, 0.1) is 0 Å². The van der Waals surface area contributed by atoms with Gasteiger partial charge in [0, 0.05) is 25.1 Å². The average Bonchev–Trinajstić information content (AvgIpc) is 2.54. The van der Waals surface area contributed by atoms with Crippen molar-refractivity contribution in [1.82, 2.24) is 4.98 Å². The number of amides is 1. The molecule has 5 heteroatoms. The van der Waals surface area contributed by atoms with Crippen molar-refractivity contribution in [3.8, 4) is 5.75 Å². The Morgan fingerprint density at radius 3 is 2.85 bits per heavy atom. The molecule has 1 unspecified atom stereocenters. The maximum Gasteiger partial charge on any atom is 0.269 e. The first-order valence-electron chi connectivity index (χ1n) is 6.43. The number of hydrogen-bond acceptors (Lipinski definition) is 4. The van der Waals surface area contributed by atoms with E-state index in [1.54, 1.807) is 36.5 Å². The van der Waals surface area contributed by atoms with Crippen LogP contribution in [0.3, 0.4) is 0 Å². The van der Waals surface area contributed by atoms with Gasteiger partial charge in [-0.25, -0.2) is 0 Å². The van der Waals surface area contributed by atoms with E-state index >= 15 is 0 Å². The van der Waals surface area contributed by atoms with Gasteiger partial charge in [-0.1, -0.05) is 12.1 Å².